The van der Waals surface area contributed by atoms with Gasteiger partial charge in [-0.15, -0.1) is 0 Å². The Morgan fingerprint density at radius 1 is 0.650 bits per heavy atom. The second-order valence-corrected chi connectivity index (χ2v) is 8.59. The largest absolute Gasteiger partial charge is 0.493 e. The molecule has 0 aliphatic rings. The van der Waals surface area contributed by atoms with Crippen molar-refractivity contribution >= 4 is 24.1 Å². The maximum atomic E-state index is 12.1. The van der Waals surface area contributed by atoms with Gasteiger partial charge in [-0.3, -0.25) is 0 Å². The Kier molecular flexibility index (Phi) is 13.9. The summed E-state index contributed by atoms with van der Waals surface area (Å²) in [5.74, 6) is 1.83. The van der Waals surface area contributed by atoms with Crippen LogP contribution >= 0.6 is 0 Å². The number of carbonyl (C=O) groups excluding carboxylic acids is 2. The SMILES string of the molecule is COc1ccc(/C=C/C(=O)OCCCN(C)CCCOC(=O)/C=C/c2cc(OC)c(OC)c(OC)c2)cc1OC. The Balaban J connectivity index is 1.64. The van der Waals surface area contributed by atoms with E-state index in [-0.39, 0.29) is 0 Å². The molecule has 10 heteroatoms. The number of benzene rings is 2. The van der Waals surface area contributed by atoms with E-state index in [1.807, 2.05) is 13.1 Å². The Hall–Kier alpha value is -4.18. The summed E-state index contributed by atoms with van der Waals surface area (Å²) in [6, 6.07) is 8.86. The first-order valence-corrected chi connectivity index (χ1v) is 12.7. The summed E-state index contributed by atoms with van der Waals surface area (Å²) in [5, 5.41) is 0. The molecule has 0 saturated heterocycles. The molecule has 0 aromatic heterocycles. The molecule has 0 atom stereocenters. The van der Waals surface area contributed by atoms with Gasteiger partial charge < -0.3 is 38.1 Å². The van der Waals surface area contributed by atoms with Crippen molar-refractivity contribution in [1.82, 2.24) is 4.90 Å². The summed E-state index contributed by atoms with van der Waals surface area (Å²) in [7, 11) is 9.68. The number of nitrogens with zero attached hydrogens (tertiary/aromatic N) is 1. The first-order valence-electron chi connectivity index (χ1n) is 12.7. The van der Waals surface area contributed by atoms with E-state index in [9.17, 15) is 9.59 Å². The lowest BCUT2D eigenvalue weighted by atomic mass is 10.1. The Bertz CT molecular complexity index is 1130. The highest BCUT2D eigenvalue weighted by atomic mass is 16.5. The highest BCUT2D eigenvalue weighted by Crippen LogP contribution is 2.38. The van der Waals surface area contributed by atoms with Gasteiger partial charge in [-0.05, 0) is 67.4 Å². The summed E-state index contributed by atoms with van der Waals surface area (Å²) in [4.78, 5) is 26.2. The lowest BCUT2D eigenvalue weighted by Gasteiger charge is -2.16. The van der Waals surface area contributed by atoms with Gasteiger partial charge in [0.1, 0.15) is 0 Å². The molecule has 0 spiro atoms. The van der Waals surface area contributed by atoms with Crippen LogP contribution in [0.15, 0.2) is 42.5 Å². The zero-order valence-electron chi connectivity index (χ0n) is 24.1. The van der Waals surface area contributed by atoms with Gasteiger partial charge in [0.2, 0.25) is 5.75 Å². The van der Waals surface area contributed by atoms with E-state index in [1.54, 1.807) is 50.6 Å². The van der Waals surface area contributed by atoms with Crippen LogP contribution < -0.4 is 23.7 Å². The zero-order chi connectivity index (χ0) is 29.3. The van der Waals surface area contributed by atoms with E-state index >= 15 is 0 Å². The molecule has 40 heavy (non-hydrogen) atoms. The van der Waals surface area contributed by atoms with Gasteiger partial charge >= 0.3 is 11.9 Å². The fourth-order valence-corrected chi connectivity index (χ4v) is 3.71. The van der Waals surface area contributed by atoms with Crippen molar-refractivity contribution in [3.63, 3.8) is 0 Å². The lowest BCUT2D eigenvalue weighted by molar-refractivity contribution is -0.138. The van der Waals surface area contributed by atoms with Crippen molar-refractivity contribution in [2.45, 2.75) is 12.8 Å². The van der Waals surface area contributed by atoms with Crippen molar-refractivity contribution in [2.75, 3.05) is 68.9 Å². The highest BCUT2D eigenvalue weighted by molar-refractivity contribution is 5.87. The Morgan fingerprint density at radius 2 is 1.12 bits per heavy atom. The van der Waals surface area contributed by atoms with Gasteiger partial charge in [0.25, 0.3) is 0 Å². The van der Waals surface area contributed by atoms with Gasteiger partial charge in [-0.25, -0.2) is 9.59 Å². The molecule has 2 aromatic carbocycles. The lowest BCUT2D eigenvalue weighted by Crippen LogP contribution is -2.23. The summed E-state index contributed by atoms with van der Waals surface area (Å²) < 4.78 is 37.0. The highest BCUT2D eigenvalue weighted by Gasteiger charge is 2.12. The second kappa shape index (κ2) is 17.4. The van der Waals surface area contributed by atoms with Gasteiger partial charge in [-0.1, -0.05) is 6.07 Å². The third-order valence-electron chi connectivity index (χ3n) is 5.78. The van der Waals surface area contributed by atoms with Crippen LogP contribution in [0.25, 0.3) is 12.2 Å². The van der Waals surface area contributed by atoms with Crippen LogP contribution in [0, 0.1) is 0 Å². The fourth-order valence-electron chi connectivity index (χ4n) is 3.71. The number of esters is 2. The van der Waals surface area contributed by atoms with E-state index in [2.05, 4.69) is 4.90 Å². The van der Waals surface area contributed by atoms with Crippen molar-refractivity contribution in [3.8, 4) is 28.7 Å². The number of ether oxygens (including phenoxy) is 7. The molecule has 0 amide bonds. The average molecular weight is 558 g/mol. The number of carbonyl (C=O) groups is 2. The normalized spacial score (nSPS) is 11.1. The first-order chi connectivity index (χ1) is 19.3. The molecular formula is C30H39NO9. The molecule has 10 nitrogen and oxygen atoms in total. The maximum absolute atomic E-state index is 12.1. The van der Waals surface area contributed by atoms with Crippen molar-refractivity contribution < 1.29 is 42.7 Å². The summed E-state index contributed by atoms with van der Waals surface area (Å²) in [6.45, 7) is 2.07. The molecular weight excluding hydrogens is 518 g/mol. The van der Waals surface area contributed by atoms with Crippen LogP contribution in [0.3, 0.4) is 0 Å². The summed E-state index contributed by atoms with van der Waals surface area (Å²) >= 11 is 0. The molecule has 2 rings (SSSR count). The summed E-state index contributed by atoms with van der Waals surface area (Å²) in [5.41, 5.74) is 1.51. The van der Waals surface area contributed by atoms with E-state index in [1.165, 1.54) is 33.5 Å². The van der Waals surface area contributed by atoms with Crippen molar-refractivity contribution in [3.05, 3.63) is 53.6 Å². The molecule has 0 aliphatic carbocycles. The first kappa shape index (κ1) is 32.0. The molecule has 2 aromatic rings. The third-order valence-corrected chi connectivity index (χ3v) is 5.78. The minimum Gasteiger partial charge on any atom is -0.493 e. The predicted octanol–water partition coefficient (Wildman–Crippen LogP) is 4.25. The average Bonchev–Trinajstić information content (AvgIpc) is 2.98. The summed E-state index contributed by atoms with van der Waals surface area (Å²) in [6.07, 6.45) is 7.40. The number of rotatable bonds is 17. The van der Waals surface area contributed by atoms with Crippen molar-refractivity contribution in [1.29, 1.82) is 0 Å². The number of hydrogen-bond acceptors (Lipinski definition) is 10. The molecule has 218 valence electrons. The van der Waals surface area contributed by atoms with Gasteiger partial charge in [0.05, 0.1) is 48.8 Å². The molecule has 0 heterocycles. The van der Waals surface area contributed by atoms with Crippen LogP contribution in [-0.2, 0) is 19.1 Å². The molecule has 0 fully saturated rings. The zero-order valence-corrected chi connectivity index (χ0v) is 24.1. The Morgan fingerprint density at radius 3 is 1.60 bits per heavy atom. The van der Waals surface area contributed by atoms with Gasteiger partial charge in [0.15, 0.2) is 23.0 Å². The molecule has 0 bridgehead atoms. The Labute approximate surface area is 236 Å². The minimum atomic E-state index is -0.440. The number of methoxy groups -OCH3 is 5. The van der Waals surface area contributed by atoms with Crippen LogP contribution in [0.1, 0.15) is 24.0 Å². The molecule has 0 saturated carbocycles. The van der Waals surface area contributed by atoms with Gasteiger partial charge in [-0.2, -0.15) is 0 Å². The molecule has 0 aliphatic heterocycles. The van der Waals surface area contributed by atoms with Crippen LogP contribution in [0.5, 0.6) is 28.7 Å². The maximum Gasteiger partial charge on any atom is 0.330 e. The van der Waals surface area contributed by atoms with Crippen molar-refractivity contribution in [2.24, 2.45) is 0 Å². The van der Waals surface area contributed by atoms with Crippen LogP contribution in [-0.4, -0.2) is 85.7 Å². The van der Waals surface area contributed by atoms with E-state index in [0.29, 0.717) is 60.4 Å². The minimum absolute atomic E-state index is 0.290. The van der Waals surface area contributed by atoms with E-state index in [4.69, 9.17) is 33.2 Å². The molecule has 0 N–H and O–H groups in total. The molecule has 0 radical (unpaired) electrons. The van der Waals surface area contributed by atoms with Crippen LogP contribution in [0.2, 0.25) is 0 Å². The topological polar surface area (TPSA) is 102 Å². The van der Waals surface area contributed by atoms with E-state index in [0.717, 1.165) is 18.7 Å². The van der Waals surface area contributed by atoms with Crippen LogP contribution in [0.4, 0.5) is 0 Å². The standard InChI is InChI=1S/C30H39NO9/c1-31(15-7-17-39-28(32)13-10-22-9-12-24(34-2)25(19-22)35-3)16-8-18-40-29(33)14-11-23-20-26(36-4)30(38-6)27(21-23)37-5/h9-14,19-21H,7-8,15-18H2,1-6H3/b13-10+,14-11+. The smallest absolute Gasteiger partial charge is 0.330 e. The predicted molar refractivity (Wildman–Crippen MR) is 152 cm³/mol. The van der Waals surface area contributed by atoms with Gasteiger partial charge in [0, 0.05) is 25.2 Å². The third kappa shape index (κ3) is 10.5. The fraction of sp³-hybridized carbons (Fsp3) is 0.400. The monoisotopic (exact) mass is 557 g/mol. The molecule has 0 unspecified atom stereocenters. The van der Waals surface area contributed by atoms with E-state index < -0.39 is 11.9 Å². The quantitative estimate of drug-likeness (QED) is 0.159. The second-order valence-electron chi connectivity index (χ2n) is 8.59. The number of hydrogen-bond donors (Lipinski definition) is 0.